The number of primary amides is 1. The number of benzene rings is 1. The third kappa shape index (κ3) is 4.25. The van der Waals surface area contributed by atoms with E-state index in [0.717, 1.165) is 55.4 Å². The molecule has 0 bridgehead atoms. The number of aryl methyl sites for hydroxylation is 2. The number of thiazole rings is 1. The first kappa shape index (κ1) is 23.0. The number of nitrogen functional groups attached to an aromatic ring is 1. The first-order valence-electron chi connectivity index (χ1n) is 11.4. The average Bonchev–Trinajstić information content (AvgIpc) is 3.03. The van der Waals surface area contributed by atoms with Crippen LogP contribution in [0.15, 0.2) is 24.4 Å². The molecule has 0 unspecified atom stereocenters. The average molecular weight is 490 g/mol. The van der Waals surface area contributed by atoms with Gasteiger partial charge in [-0.3, -0.25) is 4.79 Å². The van der Waals surface area contributed by atoms with Gasteiger partial charge < -0.3 is 21.1 Å². The molecular formula is C25H27N7O2S. The molecule has 1 amide bonds. The maximum Gasteiger partial charge on any atom is 0.286 e. The third-order valence-corrected chi connectivity index (χ3v) is 6.94. The van der Waals surface area contributed by atoms with E-state index < -0.39 is 5.91 Å². The van der Waals surface area contributed by atoms with Gasteiger partial charge in [-0.2, -0.15) is 0 Å². The molecule has 3 aromatic heterocycles. The van der Waals surface area contributed by atoms with Crippen molar-refractivity contribution in [1.29, 1.82) is 0 Å². The molecule has 9 nitrogen and oxygen atoms in total. The van der Waals surface area contributed by atoms with Gasteiger partial charge in [-0.25, -0.2) is 19.9 Å². The fourth-order valence-electron chi connectivity index (χ4n) is 4.65. The van der Waals surface area contributed by atoms with Crippen molar-refractivity contribution >= 4 is 38.5 Å². The molecule has 1 aromatic carbocycles. The number of ether oxygens (including phenoxy) is 1. The topological polar surface area (TPSA) is 133 Å². The van der Waals surface area contributed by atoms with Gasteiger partial charge in [0.2, 0.25) is 5.82 Å². The quantitative estimate of drug-likeness (QED) is 0.440. The van der Waals surface area contributed by atoms with Crippen molar-refractivity contribution in [3.8, 4) is 16.9 Å². The van der Waals surface area contributed by atoms with Crippen LogP contribution < -0.4 is 21.1 Å². The van der Waals surface area contributed by atoms with E-state index in [-0.39, 0.29) is 11.7 Å². The Kier molecular flexibility index (Phi) is 5.76. The van der Waals surface area contributed by atoms with E-state index in [1.165, 1.54) is 11.3 Å². The molecule has 1 aliphatic rings. The lowest BCUT2D eigenvalue weighted by Crippen LogP contribution is -2.29. The SMILES string of the molecule is Cc1cc(-c2cnc3sc(N)nc3c2)cc2c1OCCN(c1nc(C(N)=O)nc(C)c1C(C)C)C2. The van der Waals surface area contributed by atoms with E-state index in [9.17, 15) is 4.79 Å². The molecule has 1 aliphatic heterocycles. The minimum absolute atomic E-state index is 0.0270. The minimum Gasteiger partial charge on any atom is -0.491 e. The number of rotatable bonds is 4. The number of anilines is 2. The van der Waals surface area contributed by atoms with Crippen LogP contribution in [-0.2, 0) is 6.54 Å². The highest BCUT2D eigenvalue weighted by Gasteiger charge is 2.25. The Hall–Kier alpha value is -3.79. The van der Waals surface area contributed by atoms with Gasteiger partial charge in [-0.1, -0.05) is 25.2 Å². The Balaban J connectivity index is 1.59. The summed E-state index contributed by atoms with van der Waals surface area (Å²) < 4.78 is 6.18. The van der Waals surface area contributed by atoms with Gasteiger partial charge in [0, 0.05) is 35.1 Å². The first-order chi connectivity index (χ1) is 16.7. The van der Waals surface area contributed by atoms with Crippen LogP contribution in [0.5, 0.6) is 5.75 Å². The summed E-state index contributed by atoms with van der Waals surface area (Å²) in [4.78, 5) is 32.7. The number of carbonyl (C=O) groups excluding carboxylic acids is 1. The Labute approximate surface area is 207 Å². The van der Waals surface area contributed by atoms with Crippen LogP contribution in [0.1, 0.15) is 52.8 Å². The summed E-state index contributed by atoms with van der Waals surface area (Å²) in [6, 6.07) is 6.24. The highest BCUT2D eigenvalue weighted by Crippen LogP contribution is 2.36. The van der Waals surface area contributed by atoms with Crippen molar-refractivity contribution in [2.75, 3.05) is 23.8 Å². The van der Waals surface area contributed by atoms with Crippen LogP contribution >= 0.6 is 11.3 Å². The van der Waals surface area contributed by atoms with Gasteiger partial charge in [0.15, 0.2) is 5.13 Å². The molecule has 0 atom stereocenters. The van der Waals surface area contributed by atoms with Crippen LogP contribution in [0.4, 0.5) is 10.9 Å². The van der Waals surface area contributed by atoms with Gasteiger partial charge in [0.1, 0.15) is 28.5 Å². The lowest BCUT2D eigenvalue weighted by atomic mass is 9.99. The molecule has 0 saturated heterocycles. The largest absolute Gasteiger partial charge is 0.491 e. The number of fused-ring (bicyclic) bond motifs is 2. The van der Waals surface area contributed by atoms with Crippen molar-refractivity contribution in [2.45, 2.75) is 40.2 Å². The van der Waals surface area contributed by atoms with E-state index in [0.29, 0.717) is 24.8 Å². The summed E-state index contributed by atoms with van der Waals surface area (Å²) in [5, 5.41) is 0.503. The molecule has 0 spiro atoms. The molecule has 0 saturated carbocycles. The van der Waals surface area contributed by atoms with Gasteiger partial charge >= 0.3 is 0 Å². The Morgan fingerprint density at radius 1 is 1.14 bits per heavy atom. The molecule has 35 heavy (non-hydrogen) atoms. The van der Waals surface area contributed by atoms with Crippen LogP contribution in [-0.4, -0.2) is 39.0 Å². The van der Waals surface area contributed by atoms with Gasteiger partial charge in [0.05, 0.1) is 6.54 Å². The summed E-state index contributed by atoms with van der Waals surface area (Å²) in [7, 11) is 0. The molecular weight excluding hydrogens is 462 g/mol. The van der Waals surface area contributed by atoms with Crippen molar-refractivity contribution in [2.24, 2.45) is 5.73 Å². The normalized spacial score (nSPS) is 13.6. The zero-order valence-electron chi connectivity index (χ0n) is 20.1. The second kappa shape index (κ2) is 8.77. The number of pyridine rings is 1. The molecule has 0 fully saturated rings. The summed E-state index contributed by atoms with van der Waals surface area (Å²) in [6.45, 7) is 9.80. The Morgan fingerprint density at radius 3 is 2.69 bits per heavy atom. The third-order valence-electron chi connectivity index (χ3n) is 6.13. The standard InChI is InChI=1S/C25H27N7O2S/c1-12(2)19-14(4)29-22(21(26)33)31-23(19)32-5-6-34-20-13(3)7-15(8-17(20)11-32)16-9-18-24(28-10-16)35-25(27)30-18/h7-10,12H,5-6,11H2,1-4H3,(H2,26,33)(H2,27,30). The summed E-state index contributed by atoms with van der Waals surface area (Å²) in [5.74, 6) is 1.16. The summed E-state index contributed by atoms with van der Waals surface area (Å²) in [6.07, 6.45) is 1.85. The van der Waals surface area contributed by atoms with E-state index in [4.69, 9.17) is 16.2 Å². The second-order valence-corrected chi connectivity index (χ2v) is 10.0. The van der Waals surface area contributed by atoms with Crippen molar-refractivity contribution in [3.05, 3.63) is 52.6 Å². The lowest BCUT2D eigenvalue weighted by molar-refractivity contribution is 0.0990. The minimum atomic E-state index is -0.639. The van der Waals surface area contributed by atoms with Crippen LogP contribution in [0.25, 0.3) is 21.5 Å². The predicted molar refractivity (Wildman–Crippen MR) is 138 cm³/mol. The molecule has 4 N–H and O–H groups in total. The maximum absolute atomic E-state index is 11.9. The summed E-state index contributed by atoms with van der Waals surface area (Å²) in [5.41, 5.74) is 18.0. The van der Waals surface area contributed by atoms with Crippen molar-refractivity contribution < 1.29 is 9.53 Å². The molecule has 0 radical (unpaired) electrons. The predicted octanol–water partition coefficient (Wildman–Crippen LogP) is 3.97. The molecule has 0 aliphatic carbocycles. The number of hydrogen-bond donors (Lipinski definition) is 2. The monoisotopic (exact) mass is 489 g/mol. The molecule has 10 heteroatoms. The summed E-state index contributed by atoms with van der Waals surface area (Å²) >= 11 is 1.37. The Bertz CT molecular complexity index is 1460. The van der Waals surface area contributed by atoms with Crippen LogP contribution in [0, 0.1) is 13.8 Å². The lowest BCUT2D eigenvalue weighted by Gasteiger charge is -2.26. The van der Waals surface area contributed by atoms with E-state index in [2.05, 4.69) is 50.8 Å². The van der Waals surface area contributed by atoms with Gasteiger partial charge in [0.25, 0.3) is 5.91 Å². The smallest absolute Gasteiger partial charge is 0.286 e. The van der Waals surface area contributed by atoms with E-state index >= 15 is 0 Å². The van der Waals surface area contributed by atoms with Crippen LogP contribution in [0.3, 0.4) is 0 Å². The Morgan fingerprint density at radius 2 is 1.94 bits per heavy atom. The second-order valence-electron chi connectivity index (χ2n) is 9.04. The van der Waals surface area contributed by atoms with Gasteiger partial charge in [-0.15, -0.1) is 0 Å². The van der Waals surface area contributed by atoms with Crippen molar-refractivity contribution in [3.63, 3.8) is 0 Å². The fourth-order valence-corrected chi connectivity index (χ4v) is 5.31. The highest BCUT2D eigenvalue weighted by molar-refractivity contribution is 7.21. The van der Waals surface area contributed by atoms with Gasteiger partial charge in [-0.05, 0) is 49.1 Å². The van der Waals surface area contributed by atoms with E-state index in [1.807, 2.05) is 26.1 Å². The van der Waals surface area contributed by atoms with Crippen LogP contribution in [0.2, 0.25) is 0 Å². The molecule has 4 aromatic rings. The van der Waals surface area contributed by atoms with E-state index in [1.54, 1.807) is 0 Å². The number of nitrogens with two attached hydrogens (primary N) is 2. The number of nitrogens with zero attached hydrogens (tertiary/aromatic N) is 5. The van der Waals surface area contributed by atoms with Crippen molar-refractivity contribution in [1.82, 2.24) is 19.9 Å². The number of aromatic nitrogens is 4. The zero-order chi connectivity index (χ0) is 24.9. The number of amides is 1. The number of carbonyl (C=O) groups is 1. The zero-order valence-corrected chi connectivity index (χ0v) is 20.9. The first-order valence-corrected chi connectivity index (χ1v) is 12.2. The molecule has 4 heterocycles. The highest BCUT2D eigenvalue weighted by atomic mass is 32.1. The maximum atomic E-state index is 11.9. The molecule has 180 valence electrons. The molecule has 5 rings (SSSR count). The number of hydrogen-bond acceptors (Lipinski definition) is 9. The fraction of sp³-hybridized carbons (Fsp3) is 0.320.